The number of benzene rings is 2. The fraction of sp³-hybridized carbons (Fsp3) is 0.211. The number of rotatable bonds is 1. The van der Waals surface area contributed by atoms with Gasteiger partial charge in [-0.15, -0.1) is 0 Å². The Hall–Kier alpha value is -2.49. The van der Waals surface area contributed by atoms with E-state index in [1.165, 1.54) is 39.2 Å². The summed E-state index contributed by atoms with van der Waals surface area (Å²) in [5.74, 6) is 1.25. The summed E-state index contributed by atoms with van der Waals surface area (Å²) in [4.78, 5) is 0. The van der Waals surface area contributed by atoms with Crippen LogP contribution in [-0.2, 0) is 7.05 Å². The number of imidazole rings is 1. The molecular weight excluding hydrogens is 281 g/mol. The molecule has 1 aromatic heterocycles. The van der Waals surface area contributed by atoms with Crippen molar-refractivity contribution in [3.8, 4) is 11.4 Å². The van der Waals surface area contributed by atoms with Crippen molar-refractivity contribution in [2.45, 2.75) is 20.8 Å². The minimum atomic E-state index is 0.127. The zero-order valence-electron chi connectivity index (χ0n) is 14.1. The van der Waals surface area contributed by atoms with Crippen molar-refractivity contribution in [2.75, 3.05) is 5.23 Å². The predicted molar refractivity (Wildman–Crippen MR) is 96.1 cm³/mol. The molecular formula is C19H21BN3+. The molecule has 1 aliphatic heterocycles. The minimum absolute atomic E-state index is 0.127. The summed E-state index contributed by atoms with van der Waals surface area (Å²) in [6.07, 6.45) is 4.31. The van der Waals surface area contributed by atoms with Crippen molar-refractivity contribution in [3.63, 3.8) is 0 Å². The van der Waals surface area contributed by atoms with Gasteiger partial charge in [-0.1, -0.05) is 30.3 Å². The normalized spacial score (nSPS) is 12.6. The molecule has 2 heterocycles. The second kappa shape index (κ2) is 5.02. The monoisotopic (exact) mass is 302 g/mol. The average molecular weight is 302 g/mol. The van der Waals surface area contributed by atoms with E-state index >= 15 is 0 Å². The maximum absolute atomic E-state index is 3.75. The van der Waals surface area contributed by atoms with Crippen LogP contribution in [0.1, 0.15) is 16.7 Å². The zero-order chi connectivity index (χ0) is 16.1. The molecule has 23 heavy (non-hydrogen) atoms. The van der Waals surface area contributed by atoms with E-state index in [9.17, 15) is 0 Å². The summed E-state index contributed by atoms with van der Waals surface area (Å²) >= 11 is 0. The van der Waals surface area contributed by atoms with Gasteiger partial charge in [0.15, 0.2) is 0 Å². The molecule has 1 aliphatic rings. The van der Waals surface area contributed by atoms with Crippen molar-refractivity contribution in [2.24, 2.45) is 7.05 Å². The molecule has 0 radical (unpaired) electrons. The summed E-state index contributed by atoms with van der Waals surface area (Å²) in [7, 11) is 2.12. The number of anilines is 1. The summed E-state index contributed by atoms with van der Waals surface area (Å²) in [6, 6.07) is 13.0. The van der Waals surface area contributed by atoms with Crippen LogP contribution in [-0.4, -0.2) is 11.5 Å². The fourth-order valence-electron chi connectivity index (χ4n) is 3.78. The van der Waals surface area contributed by atoms with E-state index in [0.717, 1.165) is 0 Å². The first-order valence-electron chi connectivity index (χ1n) is 8.07. The average Bonchev–Trinajstić information content (AvgIpc) is 2.89. The third kappa shape index (κ3) is 2.01. The van der Waals surface area contributed by atoms with Crippen LogP contribution < -0.4 is 15.2 Å². The number of hydrogen-bond acceptors (Lipinski definition) is 1. The van der Waals surface area contributed by atoms with Gasteiger partial charge in [-0.25, -0.2) is 4.57 Å². The SMILES string of the molecule is Cc1cccc(C)c1B1Nc2cccc(C)c2-c2n(C)cc[n+]21. The van der Waals surface area contributed by atoms with Gasteiger partial charge in [0.2, 0.25) is 0 Å². The van der Waals surface area contributed by atoms with Crippen LogP contribution in [0.5, 0.6) is 0 Å². The molecule has 4 heteroatoms. The van der Waals surface area contributed by atoms with E-state index in [-0.39, 0.29) is 6.98 Å². The molecule has 0 atom stereocenters. The first kappa shape index (κ1) is 14.1. The summed E-state index contributed by atoms with van der Waals surface area (Å²) in [5.41, 5.74) is 7.80. The standard InChI is InChI=1S/C19H20BN3/c1-13-7-6-10-16-17(13)19-22(4)11-12-23(19)20(21-16)18-14(2)8-5-9-15(18)3/h5-12H,1-4H3/p+1. The molecule has 114 valence electrons. The number of fused-ring (bicyclic) bond motifs is 3. The van der Waals surface area contributed by atoms with Crippen molar-refractivity contribution in [3.05, 3.63) is 65.5 Å². The van der Waals surface area contributed by atoms with Crippen LogP contribution in [0.3, 0.4) is 0 Å². The van der Waals surface area contributed by atoms with Crippen LogP contribution in [0, 0.1) is 20.8 Å². The first-order chi connectivity index (χ1) is 11.1. The quantitative estimate of drug-likeness (QED) is 0.685. The van der Waals surface area contributed by atoms with E-state index in [2.05, 4.69) is 90.9 Å². The molecule has 0 saturated heterocycles. The number of nitrogens with one attached hydrogen (secondary N) is 1. The van der Waals surface area contributed by atoms with E-state index in [1.54, 1.807) is 0 Å². The van der Waals surface area contributed by atoms with Gasteiger partial charge < -0.3 is 5.23 Å². The largest absolute Gasteiger partial charge is 0.535 e. The maximum atomic E-state index is 3.75. The highest BCUT2D eigenvalue weighted by Gasteiger charge is 2.40. The molecule has 0 spiro atoms. The highest BCUT2D eigenvalue weighted by atomic mass is 15.2. The van der Waals surface area contributed by atoms with Gasteiger partial charge in [-0.05, 0) is 43.5 Å². The Kier molecular flexibility index (Phi) is 3.08. The molecule has 4 rings (SSSR count). The number of nitrogens with zero attached hydrogens (tertiary/aromatic N) is 2. The van der Waals surface area contributed by atoms with Crippen LogP contribution in [0.2, 0.25) is 0 Å². The van der Waals surface area contributed by atoms with E-state index in [0.29, 0.717) is 0 Å². The Morgan fingerprint density at radius 1 is 0.957 bits per heavy atom. The van der Waals surface area contributed by atoms with Crippen LogP contribution in [0.15, 0.2) is 48.8 Å². The molecule has 0 bridgehead atoms. The third-order valence-corrected chi connectivity index (χ3v) is 4.91. The van der Waals surface area contributed by atoms with Crippen LogP contribution in [0.25, 0.3) is 11.4 Å². The molecule has 1 N–H and O–H groups in total. The molecule has 0 aliphatic carbocycles. The Balaban J connectivity index is 2.00. The lowest BCUT2D eigenvalue weighted by atomic mass is 9.62. The first-order valence-corrected chi connectivity index (χ1v) is 8.07. The fourth-order valence-corrected chi connectivity index (χ4v) is 3.78. The highest BCUT2D eigenvalue weighted by Crippen LogP contribution is 2.32. The summed E-state index contributed by atoms with van der Waals surface area (Å²) in [6.45, 7) is 6.69. The van der Waals surface area contributed by atoms with Gasteiger partial charge in [0.1, 0.15) is 12.4 Å². The lowest BCUT2D eigenvalue weighted by molar-refractivity contribution is -0.522. The Labute approximate surface area is 137 Å². The van der Waals surface area contributed by atoms with E-state index in [4.69, 9.17) is 0 Å². The second-order valence-corrected chi connectivity index (χ2v) is 6.49. The van der Waals surface area contributed by atoms with Gasteiger partial charge in [-0.3, -0.25) is 4.48 Å². The Morgan fingerprint density at radius 2 is 1.61 bits per heavy atom. The Morgan fingerprint density at radius 3 is 2.35 bits per heavy atom. The van der Waals surface area contributed by atoms with Crippen molar-refractivity contribution in [1.29, 1.82) is 0 Å². The zero-order valence-corrected chi connectivity index (χ0v) is 14.1. The maximum Gasteiger partial charge on any atom is 0.535 e. The summed E-state index contributed by atoms with van der Waals surface area (Å²) in [5, 5.41) is 3.75. The molecule has 0 saturated carbocycles. The second-order valence-electron chi connectivity index (χ2n) is 6.49. The minimum Gasteiger partial charge on any atom is -0.383 e. The van der Waals surface area contributed by atoms with E-state index < -0.39 is 0 Å². The molecule has 2 aromatic carbocycles. The van der Waals surface area contributed by atoms with Crippen molar-refractivity contribution < 1.29 is 4.48 Å². The van der Waals surface area contributed by atoms with Gasteiger partial charge in [0.25, 0.3) is 5.82 Å². The lowest BCUT2D eigenvalue weighted by Crippen LogP contribution is -2.67. The van der Waals surface area contributed by atoms with Gasteiger partial charge in [-0.2, -0.15) is 0 Å². The predicted octanol–water partition coefficient (Wildman–Crippen LogP) is 2.57. The molecule has 0 fully saturated rings. The molecule has 0 amide bonds. The lowest BCUT2D eigenvalue weighted by Gasteiger charge is -2.24. The van der Waals surface area contributed by atoms with Crippen molar-refractivity contribution >= 4 is 18.1 Å². The molecule has 3 aromatic rings. The van der Waals surface area contributed by atoms with Crippen LogP contribution >= 0.6 is 0 Å². The van der Waals surface area contributed by atoms with Crippen molar-refractivity contribution in [1.82, 2.24) is 4.57 Å². The third-order valence-electron chi connectivity index (χ3n) is 4.91. The smallest absolute Gasteiger partial charge is 0.383 e. The number of aryl methyl sites for hydroxylation is 4. The number of aromatic nitrogens is 2. The summed E-state index contributed by atoms with van der Waals surface area (Å²) < 4.78 is 4.57. The molecule has 0 unspecified atom stereocenters. The van der Waals surface area contributed by atoms with Gasteiger partial charge in [0, 0.05) is 11.2 Å². The van der Waals surface area contributed by atoms with Gasteiger partial charge in [0.05, 0.1) is 12.6 Å². The van der Waals surface area contributed by atoms with E-state index in [1.807, 2.05) is 0 Å². The number of hydrogen-bond donors (Lipinski definition) is 1. The van der Waals surface area contributed by atoms with Gasteiger partial charge >= 0.3 is 6.98 Å². The topological polar surface area (TPSA) is 20.8 Å². The highest BCUT2D eigenvalue weighted by molar-refractivity contribution is 6.70. The van der Waals surface area contributed by atoms with Crippen LogP contribution in [0.4, 0.5) is 5.69 Å². The Bertz CT molecular complexity index is 891. The molecule has 3 nitrogen and oxygen atoms in total.